The minimum Gasteiger partial charge on any atom is -0.385 e. The van der Waals surface area contributed by atoms with Gasteiger partial charge in [0.05, 0.1) is 6.21 Å². The van der Waals surface area contributed by atoms with E-state index < -0.39 is 5.91 Å². The third-order valence-electron chi connectivity index (χ3n) is 4.14. The highest BCUT2D eigenvalue weighted by Crippen LogP contribution is 2.25. The van der Waals surface area contributed by atoms with E-state index in [4.69, 9.17) is 27.9 Å². The number of amides is 2. The van der Waals surface area contributed by atoms with Crippen molar-refractivity contribution in [3.8, 4) is 5.69 Å². The van der Waals surface area contributed by atoms with Crippen LogP contribution in [0.2, 0.25) is 10.0 Å². The van der Waals surface area contributed by atoms with E-state index in [0.29, 0.717) is 29.6 Å². The molecule has 156 valence electrons. The van der Waals surface area contributed by atoms with Crippen molar-refractivity contribution in [3.63, 3.8) is 0 Å². The number of nitrogens with one attached hydrogen (secondary N) is 2. The number of benzene rings is 1. The number of hydrazone groups is 1. The Hall–Kier alpha value is -2.35. The van der Waals surface area contributed by atoms with E-state index in [2.05, 4.69) is 15.8 Å². The van der Waals surface area contributed by atoms with Crippen molar-refractivity contribution in [1.82, 2.24) is 15.3 Å². The number of nitrogens with zero attached hydrogens (tertiary/aromatic N) is 2. The molecule has 0 unspecified atom stereocenters. The van der Waals surface area contributed by atoms with E-state index in [1.54, 1.807) is 19.4 Å². The second-order valence-electron chi connectivity index (χ2n) is 6.46. The number of halogens is 2. The van der Waals surface area contributed by atoms with Gasteiger partial charge in [-0.1, -0.05) is 23.2 Å². The second-order valence-corrected chi connectivity index (χ2v) is 7.33. The minimum atomic E-state index is -0.485. The summed E-state index contributed by atoms with van der Waals surface area (Å²) < 4.78 is 6.89. The number of carbonyl (C=O) groups excluding carboxylic acids is 2. The summed E-state index contributed by atoms with van der Waals surface area (Å²) in [6, 6.07) is 7.25. The summed E-state index contributed by atoms with van der Waals surface area (Å²) in [5.41, 5.74) is 5.91. The molecule has 0 saturated carbocycles. The zero-order valence-corrected chi connectivity index (χ0v) is 18.1. The van der Waals surface area contributed by atoms with Gasteiger partial charge < -0.3 is 14.6 Å². The Morgan fingerprint density at radius 1 is 1.14 bits per heavy atom. The van der Waals surface area contributed by atoms with Crippen molar-refractivity contribution in [3.05, 3.63) is 51.3 Å². The first-order chi connectivity index (χ1) is 13.8. The standard InChI is InChI=1S/C20H24Cl2N4O3/c1-13-7-15(14(2)26(13)18-9-16(21)8-17(22)10-18)12-24-25-20(28)11-19(27)23-5-4-6-29-3/h7-10,12H,4-6,11H2,1-3H3,(H,23,27)(H,25,28)/b24-12+. The highest BCUT2D eigenvalue weighted by atomic mass is 35.5. The fraction of sp³-hybridized carbons (Fsp3) is 0.350. The highest BCUT2D eigenvalue weighted by Gasteiger charge is 2.11. The van der Waals surface area contributed by atoms with Crippen molar-refractivity contribution >= 4 is 41.2 Å². The maximum Gasteiger partial charge on any atom is 0.249 e. The Labute approximate surface area is 180 Å². The van der Waals surface area contributed by atoms with Crippen molar-refractivity contribution in [1.29, 1.82) is 0 Å². The van der Waals surface area contributed by atoms with Crippen LogP contribution in [0.3, 0.4) is 0 Å². The zero-order chi connectivity index (χ0) is 21.4. The van der Waals surface area contributed by atoms with Gasteiger partial charge in [0.1, 0.15) is 6.42 Å². The van der Waals surface area contributed by atoms with Gasteiger partial charge in [-0.2, -0.15) is 5.10 Å². The molecule has 0 fully saturated rings. The van der Waals surface area contributed by atoms with Crippen LogP contribution in [0.1, 0.15) is 29.8 Å². The quantitative estimate of drug-likeness (QED) is 0.272. The van der Waals surface area contributed by atoms with Crippen LogP contribution < -0.4 is 10.7 Å². The predicted octanol–water partition coefficient (Wildman–Crippen LogP) is 3.39. The lowest BCUT2D eigenvalue weighted by Crippen LogP contribution is -2.30. The molecule has 0 aliphatic rings. The maximum absolute atomic E-state index is 11.8. The topological polar surface area (TPSA) is 84.7 Å². The molecule has 2 aromatic rings. The van der Waals surface area contributed by atoms with Gasteiger partial charge in [-0.25, -0.2) is 5.43 Å². The van der Waals surface area contributed by atoms with Crippen LogP contribution in [0.5, 0.6) is 0 Å². The normalized spacial score (nSPS) is 11.1. The highest BCUT2D eigenvalue weighted by molar-refractivity contribution is 6.34. The number of rotatable bonds is 9. The van der Waals surface area contributed by atoms with Crippen LogP contribution in [0.15, 0.2) is 29.4 Å². The van der Waals surface area contributed by atoms with Gasteiger partial charge in [-0.05, 0) is 44.5 Å². The van der Waals surface area contributed by atoms with Crippen LogP contribution in [-0.2, 0) is 14.3 Å². The van der Waals surface area contributed by atoms with Crippen LogP contribution in [0, 0.1) is 13.8 Å². The molecule has 1 aromatic heterocycles. The number of hydrogen-bond donors (Lipinski definition) is 2. The van der Waals surface area contributed by atoms with Gasteiger partial charge in [-0.15, -0.1) is 0 Å². The SMILES string of the molecule is COCCCNC(=O)CC(=O)N/N=C/c1cc(C)n(-c2cc(Cl)cc(Cl)c2)c1C. The monoisotopic (exact) mass is 438 g/mol. The lowest BCUT2D eigenvalue weighted by Gasteiger charge is -2.10. The molecule has 2 N–H and O–H groups in total. The Morgan fingerprint density at radius 3 is 2.48 bits per heavy atom. The first kappa shape index (κ1) is 22.9. The van der Waals surface area contributed by atoms with E-state index in [9.17, 15) is 9.59 Å². The summed E-state index contributed by atoms with van der Waals surface area (Å²) in [4.78, 5) is 23.5. The van der Waals surface area contributed by atoms with Crippen molar-refractivity contribution < 1.29 is 14.3 Å². The fourth-order valence-electron chi connectivity index (χ4n) is 2.85. The van der Waals surface area contributed by atoms with Crippen molar-refractivity contribution in [2.24, 2.45) is 5.10 Å². The van der Waals surface area contributed by atoms with E-state index >= 15 is 0 Å². The maximum atomic E-state index is 11.8. The van der Waals surface area contributed by atoms with Gasteiger partial charge >= 0.3 is 0 Å². The Balaban J connectivity index is 1.97. The molecule has 29 heavy (non-hydrogen) atoms. The molecule has 0 atom stereocenters. The number of aryl methyl sites for hydroxylation is 1. The smallest absolute Gasteiger partial charge is 0.249 e. The van der Waals surface area contributed by atoms with Crippen LogP contribution >= 0.6 is 23.2 Å². The zero-order valence-electron chi connectivity index (χ0n) is 16.6. The molecule has 0 bridgehead atoms. The fourth-order valence-corrected chi connectivity index (χ4v) is 3.36. The average molecular weight is 439 g/mol. The molecule has 2 amide bonds. The second kappa shape index (κ2) is 11.0. The minimum absolute atomic E-state index is 0.287. The Morgan fingerprint density at radius 2 is 1.83 bits per heavy atom. The lowest BCUT2D eigenvalue weighted by atomic mass is 10.2. The molecule has 0 saturated heterocycles. The number of hydrogen-bond acceptors (Lipinski definition) is 4. The van der Waals surface area contributed by atoms with E-state index in [-0.39, 0.29) is 12.3 Å². The van der Waals surface area contributed by atoms with E-state index in [1.807, 2.05) is 36.6 Å². The Bertz CT molecular complexity index is 889. The molecule has 0 radical (unpaired) electrons. The van der Waals surface area contributed by atoms with E-state index in [1.165, 1.54) is 0 Å². The number of methoxy groups -OCH3 is 1. The van der Waals surface area contributed by atoms with Gasteiger partial charge in [0.15, 0.2) is 0 Å². The lowest BCUT2D eigenvalue weighted by molar-refractivity contribution is -0.129. The third kappa shape index (κ3) is 6.88. The largest absolute Gasteiger partial charge is 0.385 e. The molecule has 7 nitrogen and oxygen atoms in total. The molecule has 9 heteroatoms. The average Bonchev–Trinajstić information content (AvgIpc) is 2.91. The summed E-state index contributed by atoms with van der Waals surface area (Å²) in [5.74, 6) is -0.842. The van der Waals surface area contributed by atoms with Crippen LogP contribution in [0.25, 0.3) is 5.69 Å². The summed E-state index contributed by atoms with van der Waals surface area (Å²) in [5, 5.41) is 7.69. The predicted molar refractivity (Wildman–Crippen MR) is 115 cm³/mol. The van der Waals surface area contributed by atoms with Crippen molar-refractivity contribution in [2.45, 2.75) is 26.7 Å². The number of carbonyl (C=O) groups is 2. The molecule has 2 rings (SSSR count). The Kier molecular flexibility index (Phi) is 8.70. The molecule has 0 aliphatic heterocycles. The first-order valence-corrected chi connectivity index (χ1v) is 9.80. The molecule has 1 heterocycles. The summed E-state index contributed by atoms with van der Waals surface area (Å²) in [7, 11) is 1.59. The molecule has 0 aliphatic carbocycles. The number of aromatic nitrogens is 1. The summed E-state index contributed by atoms with van der Waals surface area (Å²) in [6.45, 7) is 4.89. The van der Waals surface area contributed by atoms with Gasteiger partial charge in [0.25, 0.3) is 0 Å². The summed E-state index contributed by atoms with van der Waals surface area (Å²) >= 11 is 12.2. The molecular formula is C20H24Cl2N4O3. The first-order valence-electron chi connectivity index (χ1n) is 9.04. The van der Waals surface area contributed by atoms with Crippen LogP contribution in [0.4, 0.5) is 0 Å². The van der Waals surface area contributed by atoms with Crippen LogP contribution in [-0.4, -0.2) is 42.9 Å². The third-order valence-corrected chi connectivity index (χ3v) is 4.57. The number of ether oxygens (including phenoxy) is 1. The molecule has 1 aromatic carbocycles. The molecular weight excluding hydrogens is 415 g/mol. The summed E-state index contributed by atoms with van der Waals surface area (Å²) in [6.07, 6.45) is 1.94. The van der Waals surface area contributed by atoms with E-state index in [0.717, 1.165) is 22.6 Å². The van der Waals surface area contributed by atoms with Gasteiger partial charge in [0.2, 0.25) is 11.8 Å². The van der Waals surface area contributed by atoms with Crippen molar-refractivity contribution in [2.75, 3.05) is 20.3 Å². The van der Waals surface area contributed by atoms with Gasteiger partial charge in [0, 0.05) is 52.9 Å². The molecule has 0 spiro atoms. The van der Waals surface area contributed by atoms with Gasteiger partial charge in [-0.3, -0.25) is 9.59 Å².